The number of rotatable bonds is 7. The van der Waals surface area contributed by atoms with E-state index in [1.54, 1.807) is 12.3 Å². The number of quaternary nitrogens is 1. The molecule has 2 N–H and O–H groups in total. The van der Waals surface area contributed by atoms with Gasteiger partial charge < -0.3 is 14.7 Å². The summed E-state index contributed by atoms with van der Waals surface area (Å²) < 4.78 is 5.40. The summed E-state index contributed by atoms with van der Waals surface area (Å²) in [5, 5.41) is 10.2. The number of benzene rings is 2. The third-order valence-electron chi connectivity index (χ3n) is 3.75. The van der Waals surface area contributed by atoms with Gasteiger partial charge in [-0.1, -0.05) is 36.4 Å². The Morgan fingerprint density at radius 3 is 2.52 bits per heavy atom. The summed E-state index contributed by atoms with van der Waals surface area (Å²) in [4.78, 5) is 5.86. The van der Waals surface area contributed by atoms with E-state index >= 15 is 0 Å². The van der Waals surface area contributed by atoms with E-state index < -0.39 is 0 Å². The topological polar surface area (TPSA) is 46.3 Å². The molecule has 0 aliphatic heterocycles. The van der Waals surface area contributed by atoms with E-state index in [9.17, 15) is 5.11 Å². The first-order valence-corrected chi connectivity index (χ1v) is 7.93. The molecule has 1 atom stereocenters. The Labute approximate surface area is 138 Å². The van der Waals surface area contributed by atoms with Crippen LogP contribution in [0, 0.1) is 0 Å². The molecule has 4 heteroatoms. The smallest absolute Gasteiger partial charge is 0.166 e. The summed E-state index contributed by atoms with van der Waals surface area (Å²) in [6.45, 7) is 3.07. The highest BCUT2D eigenvalue weighted by Crippen LogP contribution is 2.28. The highest BCUT2D eigenvalue weighted by Gasteiger charge is 2.16. The fraction of sp³-hybridized carbons (Fsp3) is 0.316. The standard InChI is InChI=1S/C19H24N2O2/c1-4-23-18-12-8-11-16(19(18)22)13-20-14-17(21(2)3)15-9-6-5-7-10-15/h5-13,17,22H,4,14H2,1-3H3/p+1/t17-/m0/s1. The van der Waals surface area contributed by atoms with E-state index in [1.807, 2.05) is 37.3 Å². The summed E-state index contributed by atoms with van der Waals surface area (Å²) in [5.74, 6) is 0.640. The highest BCUT2D eigenvalue weighted by atomic mass is 16.5. The molecule has 2 aromatic carbocycles. The lowest BCUT2D eigenvalue weighted by Crippen LogP contribution is -3.06. The molecule has 0 aromatic heterocycles. The summed E-state index contributed by atoms with van der Waals surface area (Å²) in [6.07, 6.45) is 1.72. The van der Waals surface area contributed by atoms with Crippen LogP contribution in [-0.4, -0.2) is 38.6 Å². The minimum Gasteiger partial charge on any atom is -0.504 e. The van der Waals surface area contributed by atoms with Crippen LogP contribution < -0.4 is 9.64 Å². The van der Waals surface area contributed by atoms with E-state index in [0.717, 1.165) is 0 Å². The lowest BCUT2D eigenvalue weighted by atomic mass is 10.1. The second kappa shape index (κ2) is 8.34. The van der Waals surface area contributed by atoms with Crippen LogP contribution in [0.1, 0.15) is 24.1 Å². The van der Waals surface area contributed by atoms with Crippen molar-refractivity contribution in [2.45, 2.75) is 13.0 Å². The third kappa shape index (κ3) is 4.57. The van der Waals surface area contributed by atoms with Gasteiger partial charge in [0.25, 0.3) is 0 Å². The van der Waals surface area contributed by atoms with Gasteiger partial charge in [-0.2, -0.15) is 0 Å². The number of phenols is 1. The van der Waals surface area contributed by atoms with Crippen LogP contribution in [0.3, 0.4) is 0 Å². The number of nitrogens with one attached hydrogen (secondary N) is 1. The first-order chi connectivity index (χ1) is 11.1. The maximum atomic E-state index is 10.2. The van der Waals surface area contributed by atoms with Gasteiger partial charge in [0.1, 0.15) is 6.04 Å². The van der Waals surface area contributed by atoms with Crippen LogP contribution in [0.25, 0.3) is 0 Å². The number of nitrogens with zero attached hydrogens (tertiary/aromatic N) is 1. The fourth-order valence-electron chi connectivity index (χ4n) is 2.48. The molecule has 122 valence electrons. The summed E-state index contributed by atoms with van der Waals surface area (Å²) in [5.41, 5.74) is 1.94. The van der Waals surface area contributed by atoms with Crippen molar-refractivity contribution in [2.75, 3.05) is 27.2 Å². The zero-order chi connectivity index (χ0) is 16.7. The molecule has 0 saturated carbocycles. The van der Waals surface area contributed by atoms with Crippen molar-refractivity contribution in [2.24, 2.45) is 4.99 Å². The largest absolute Gasteiger partial charge is 0.504 e. The van der Waals surface area contributed by atoms with Crippen molar-refractivity contribution in [1.82, 2.24) is 0 Å². The monoisotopic (exact) mass is 313 g/mol. The second-order valence-electron chi connectivity index (χ2n) is 5.66. The van der Waals surface area contributed by atoms with E-state index in [0.29, 0.717) is 24.5 Å². The normalized spacial score (nSPS) is 12.7. The number of likely N-dealkylation sites (N-methyl/N-ethyl adjacent to an activating group) is 1. The zero-order valence-corrected chi connectivity index (χ0v) is 14.0. The fourth-order valence-corrected chi connectivity index (χ4v) is 2.48. The van der Waals surface area contributed by atoms with Gasteiger partial charge in [0.05, 0.1) is 27.2 Å². The Hall–Kier alpha value is -2.33. The molecule has 0 spiro atoms. The van der Waals surface area contributed by atoms with Gasteiger partial charge in [-0.05, 0) is 19.1 Å². The molecular weight excluding hydrogens is 288 g/mol. The average Bonchev–Trinajstić information content (AvgIpc) is 2.55. The van der Waals surface area contributed by atoms with E-state index in [4.69, 9.17) is 4.74 Å². The van der Waals surface area contributed by atoms with Crippen LogP contribution in [0.15, 0.2) is 53.5 Å². The van der Waals surface area contributed by atoms with Gasteiger partial charge in [0.15, 0.2) is 11.5 Å². The van der Waals surface area contributed by atoms with Crippen LogP contribution in [-0.2, 0) is 0 Å². The molecule has 0 heterocycles. The van der Waals surface area contributed by atoms with Gasteiger partial charge in [-0.15, -0.1) is 0 Å². The maximum Gasteiger partial charge on any atom is 0.166 e. The minimum absolute atomic E-state index is 0.145. The van der Waals surface area contributed by atoms with Gasteiger partial charge in [0.2, 0.25) is 0 Å². The molecule has 0 amide bonds. The summed E-state index contributed by atoms with van der Waals surface area (Å²) >= 11 is 0. The predicted octanol–water partition coefficient (Wildman–Crippen LogP) is 2.10. The van der Waals surface area contributed by atoms with Crippen molar-refractivity contribution >= 4 is 6.21 Å². The SMILES string of the molecule is CCOc1cccc(C=NC[C@@H](c2ccccc2)[NH+](C)C)c1O. The van der Waals surface area contributed by atoms with Gasteiger partial charge in [-0.3, -0.25) is 4.99 Å². The number of hydrogen-bond acceptors (Lipinski definition) is 3. The molecule has 0 aliphatic carbocycles. The number of aromatic hydroxyl groups is 1. The molecule has 0 aliphatic rings. The van der Waals surface area contributed by atoms with E-state index in [-0.39, 0.29) is 11.8 Å². The Morgan fingerprint density at radius 1 is 1.13 bits per heavy atom. The first-order valence-electron chi connectivity index (χ1n) is 7.93. The van der Waals surface area contributed by atoms with E-state index in [1.165, 1.54) is 10.5 Å². The number of aliphatic imine (C=N–C) groups is 1. The minimum atomic E-state index is 0.145. The van der Waals surface area contributed by atoms with E-state index in [2.05, 4.69) is 31.2 Å². The quantitative estimate of drug-likeness (QED) is 0.769. The van der Waals surface area contributed by atoms with Crippen molar-refractivity contribution in [3.05, 3.63) is 59.7 Å². The molecule has 23 heavy (non-hydrogen) atoms. The molecule has 2 aromatic rings. The van der Waals surface area contributed by atoms with Gasteiger partial charge in [0, 0.05) is 17.3 Å². The Balaban J connectivity index is 2.12. The Bertz CT molecular complexity index is 639. The molecule has 0 fully saturated rings. The van der Waals surface area contributed by atoms with Crippen molar-refractivity contribution in [3.63, 3.8) is 0 Å². The van der Waals surface area contributed by atoms with Crippen LogP contribution in [0.4, 0.5) is 0 Å². The van der Waals surface area contributed by atoms with Crippen molar-refractivity contribution in [3.8, 4) is 11.5 Å². The Kier molecular flexibility index (Phi) is 6.18. The summed E-state index contributed by atoms with van der Waals surface area (Å²) in [7, 11) is 4.25. The number of phenolic OH excluding ortho intramolecular Hbond substituents is 1. The third-order valence-corrected chi connectivity index (χ3v) is 3.75. The predicted molar refractivity (Wildman–Crippen MR) is 93.7 cm³/mol. The molecule has 2 rings (SSSR count). The number of ether oxygens (including phenoxy) is 1. The van der Waals surface area contributed by atoms with Crippen molar-refractivity contribution in [1.29, 1.82) is 0 Å². The van der Waals surface area contributed by atoms with Crippen LogP contribution in [0.2, 0.25) is 0 Å². The molecule has 4 nitrogen and oxygen atoms in total. The first kappa shape index (κ1) is 17.0. The molecule has 0 unspecified atom stereocenters. The van der Waals surface area contributed by atoms with Crippen LogP contribution >= 0.6 is 0 Å². The molecule has 0 bridgehead atoms. The zero-order valence-electron chi connectivity index (χ0n) is 14.0. The molecular formula is C19H25N2O2+. The second-order valence-corrected chi connectivity index (χ2v) is 5.66. The number of hydrogen-bond donors (Lipinski definition) is 2. The van der Waals surface area contributed by atoms with Crippen LogP contribution in [0.5, 0.6) is 11.5 Å². The van der Waals surface area contributed by atoms with Gasteiger partial charge >= 0.3 is 0 Å². The maximum absolute atomic E-state index is 10.2. The Morgan fingerprint density at radius 2 is 1.87 bits per heavy atom. The number of para-hydroxylation sites is 1. The lowest BCUT2D eigenvalue weighted by Gasteiger charge is -2.19. The molecule has 0 saturated heterocycles. The summed E-state index contributed by atoms with van der Waals surface area (Å²) in [6, 6.07) is 16.1. The molecule has 0 radical (unpaired) electrons. The lowest BCUT2D eigenvalue weighted by molar-refractivity contribution is -0.890. The van der Waals surface area contributed by atoms with Crippen molar-refractivity contribution < 1.29 is 14.7 Å². The van der Waals surface area contributed by atoms with Gasteiger partial charge in [-0.25, -0.2) is 0 Å². The average molecular weight is 313 g/mol. The highest BCUT2D eigenvalue weighted by molar-refractivity contribution is 5.84.